The van der Waals surface area contributed by atoms with Crippen LogP contribution >= 0.6 is 7.82 Å². The minimum Gasteiger partial charge on any atom is -0.382 e. The highest BCUT2D eigenvalue weighted by molar-refractivity contribution is 7.48. The number of ether oxygens (including phenoxy) is 3. The van der Waals surface area contributed by atoms with Gasteiger partial charge in [-0.05, 0) is 36.1 Å². The van der Waals surface area contributed by atoms with Crippen LogP contribution in [0.3, 0.4) is 0 Å². The summed E-state index contributed by atoms with van der Waals surface area (Å²) in [6.07, 6.45) is 4.18. The number of nitrogens with zero attached hydrogens (tertiary/aromatic N) is 2. The van der Waals surface area contributed by atoms with Crippen LogP contribution in [0.5, 0.6) is 0 Å². The largest absolute Gasteiger partial charge is 0.475 e. The van der Waals surface area contributed by atoms with Gasteiger partial charge in [0, 0.05) is 31.8 Å². The van der Waals surface area contributed by atoms with Crippen LogP contribution in [0.15, 0.2) is 76.7 Å². The Kier molecular flexibility index (Phi) is 10.7. The standard InChI is InChI=1S/C26H32N3O9P/c1-33-17-23(34-15-21-9-12-27-13-10-21)19-37-39(32,35-16-20-5-3-2-4-6-20)36-18-22-7-8-25(38-22)29-14-11-24(30)28-26(29)31/h2-6,9-14,22-23,25H,7-8,15-19H2,1H3,(H,28,30,31). The predicted octanol–water partition coefficient (Wildman–Crippen LogP) is 3.20. The number of rotatable bonds is 15. The number of aromatic nitrogens is 3. The van der Waals surface area contributed by atoms with E-state index in [4.69, 9.17) is 27.8 Å². The molecule has 4 atom stereocenters. The quantitative estimate of drug-likeness (QED) is 0.275. The average molecular weight is 562 g/mol. The van der Waals surface area contributed by atoms with Crippen molar-refractivity contribution in [3.05, 3.63) is 99.1 Å². The molecule has 3 heterocycles. The molecule has 1 aliphatic heterocycles. The Morgan fingerprint density at radius 1 is 1.00 bits per heavy atom. The zero-order chi connectivity index (χ0) is 27.5. The van der Waals surface area contributed by atoms with Crippen molar-refractivity contribution in [1.82, 2.24) is 14.5 Å². The maximum absolute atomic E-state index is 13.6. The molecule has 1 N–H and O–H groups in total. The van der Waals surface area contributed by atoms with Gasteiger partial charge in [0.05, 0.1) is 39.1 Å². The predicted molar refractivity (Wildman–Crippen MR) is 140 cm³/mol. The van der Waals surface area contributed by atoms with Crippen LogP contribution in [0.1, 0.15) is 30.2 Å². The Hall–Kier alpha value is -2.96. The first kappa shape index (κ1) is 29.0. The zero-order valence-corrected chi connectivity index (χ0v) is 22.4. The molecule has 4 unspecified atom stereocenters. The molecule has 13 heteroatoms. The second kappa shape index (κ2) is 14.4. The number of pyridine rings is 1. The van der Waals surface area contributed by atoms with Gasteiger partial charge in [-0.2, -0.15) is 0 Å². The molecule has 0 bridgehead atoms. The summed E-state index contributed by atoms with van der Waals surface area (Å²) in [4.78, 5) is 29.7. The lowest BCUT2D eigenvalue weighted by Gasteiger charge is -2.23. The summed E-state index contributed by atoms with van der Waals surface area (Å²) >= 11 is 0. The molecule has 1 saturated heterocycles. The van der Waals surface area contributed by atoms with Gasteiger partial charge >= 0.3 is 13.5 Å². The minimum atomic E-state index is -4.06. The van der Waals surface area contributed by atoms with Crippen LogP contribution in [-0.2, 0) is 45.6 Å². The number of hydrogen-bond acceptors (Lipinski definition) is 10. The fourth-order valence-corrected chi connectivity index (χ4v) is 5.11. The summed E-state index contributed by atoms with van der Waals surface area (Å²) in [5.74, 6) is 0. The molecule has 4 rings (SSSR count). The third kappa shape index (κ3) is 9.04. The van der Waals surface area contributed by atoms with Gasteiger partial charge in [-0.1, -0.05) is 30.3 Å². The van der Waals surface area contributed by atoms with E-state index in [2.05, 4.69) is 9.97 Å². The minimum absolute atomic E-state index is 0.00581. The van der Waals surface area contributed by atoms with Crippen LogP contribution in [0.2, 0.25) is 0 Å². The third-order valence-electron chi connectivity index (χ3n) is 5.90. The lowest BCUT2D eigenvalue weighted by atomic mass is 10.2. The van der Waals surface area contributed by atoms with Crippen molar-refractivity contribution in [2.45, 2.75) is 44.5 Å². The maximum Gasteiger partial charge on any atom is 0.475 e. The summed E-state index contributed by atoms with van der Waals surface area (Å²) in [5, 5.41) is 0. The summed E-state index contributed by atoms with van der Waals surface area (Å²) in [7, 11) is -2.53. The number of benzene rings is 1. The van der Waals surface area contributed by atoms with Gasteiger partial charge in [-0.15, -0.1) is 0 Å². The van der Waals surface area contributed by atoms with E-state index in [1.54, 1.807) is 12.4 Å². The number of phosphoric acid groups is 1. The van der Waals surface area contributed by atoms with Gasteiger partial charge in [0.1, 0.15) is 12.3 Å². The molecule has 1 fully saturated rings. The average Bonchev–Trinajstić information content (AvgIpc) is 3.42. The van der Waals surface area contributed by atoms with Gasteiger partial charge in [0.25, 0.3) is 5.56 Å². The lowest BCUT2D eigenvalue weighted by Crippen LogP contribution is -2.31. The number of methoxy groups -OCH3 is 1. The Labute approximate surface area is 225 Å². The molecular weight excluding hydrogens is 529 g/mol. The highest BCUT2D eigenvalue weighted by Gasteiger charge is 2.33. The first-order chi connectivity index (χ1) is 18.9. The number of phosphoric ester groups is 1. The summed E-state index contributed by atoms with van der Waals surface area (Å²) < 4.78 is 49.1. The second-order valence-corrected chi connectivity index (χ2v) is 10.5. The summed E-state index contributed by atoms with van der Waals surface area (Å²) in [6, 6.07) is 14.1. The topological polar surface area (TPSA) is 140 Å². The first-order valence-corrected chi connectivity index (χ1v) is 13.9. The monoisotopic (exact) mass is 561 g/mol. The number of H-pyrrole nitrogens is 1. The van der Waals surface area contributed by atoms with E-state index in [-0.39, 0.29) is 33.0 Å². The van der Waals surface area contributed by atoms with E-state index in [9.17, 15) is 14.2 Å². The molecule has 0 spiro atoms. The van der Waals surface area contributed by atoms with Gasteiger partial charge in [0.15, 0.2) is 0 Å². The Balaban J connectivity index is 1.37. The molecule has 0 amide bonds. The molecule has 1 aliphatic rings. The highest BCUT2D eigenvalue weighted by Crippen LogP contribution is 2.51. The molecule has 210 valence electrons. The molecule has 1 aromatic carbocycles. The van der Waals surface area contributed by atoms with Crippen LogP contribution in [-0.4, -0.2) is 53.7 Å². The van der Waals surface area contributed by atoms with Crippen LogP contribution in [0, 0.1) is 0 Å². The van der Waals surface area contributed by atoms with Crippen LogP contribution < -0.4 is 11.2 Å². The molecular formula is C26H32N3O9P. The molecule has 3 aromatic rings. The van der Waals surface area contributed by atoms with Crippen molar-refractivity contribution in [3.63, 3.8) is 0 Å². The summed E-state index contributed by atoms with van der Waals surface area (Å²) in [5.41, 5.74) is 0.659. The van der Waals surface area contributed by atoms with Gasteiger partial charge in [-0.3, -0.25) is 32.9 Å². The van der Waals surface area contributed by atoms with Gasteiger partial charge < -0.3 is 14.2 Å². The van der Waals surface area contributed by atoms with E-state index < -0.39 is 37.5 Å². The number of nitrogens with one attached hydrogen (secondary N) is 1. The third-order valence-corrected chi connectivity index (χ3v) is 7.28. The van der Waals surface area contributed by atoms with Crippen molar-refractivity contribution in [3.8, 4) is 0 Å². The Morgan fingerprint density at radius 2 is 1.77 bits per heavy atom. The SMILES string of the molecule is COCC(COP(=O)(OCc1ccccc1)OCC1CCC(n2ccc(=O)[nH]c2=O)O1)OCc1ccncc1. The molecule has 0 radical (unpaired) electrons. The van der Waals surface area contributed by atoms with Crippen molar-refractivity contribution in [1.29, 1.82) is 0 Å². The van der Waals surface area contributed by atoms with Crippen molar-refractivity contribution in [2.75, 3.05) is 26.9 Å². The second-order valence-electron chi connectivity index (χ2n) is 8.85. The number of aromatic amines is 1. The Morgan fingerprint density at radius 3 is 2.51 bits per heavy atom. The van der Waals surface area contributed by atoms with E-state index in [0.717, 1.165) is 11.1 Å². The van der Waals surface area contributed by atoms with E-state index in [0.29, 0.717) is 12.8 Å². The van der Waals surface area contributed by atoms with Crippen molar-refractivity contribution < 1.29 is 32.3 Å². The van der Waals surface area contributed by atoms with Gasteiger partial charge in [0.2, 0.25) is 0 Å². The van der Waals surface area contributed by atoms with E-state index >= 15 is 0 Å². The molecule has 39 heavy (non-hydrogen) atoms. The maximum atomic E-state index is 13.6. The highest BCUT2D eigenvalue weighted by atomic mass is 31.2. The molecule has 0 saturated carbocycles. The molecule has 0 aliphatic carbocycles. The van der Waals surface area contributed by atoms with Crippen LogP contribution in [0.4, 0.5) is 0 Å². The number of hydrogen-bond donors (Lipinski definition) is 1. The van der Waals surface area contributed by atoms with Crippen molar-refractivity contribution in [2.24, 2.45) is 0 Å². The molecule has 2 aromatic heterocycles. The fraction of sp³-hybridized carbons (Fsp3) is 0.423. The normalized spacial score (nSPS) is 19.5. The molecule has 12 nitrogen and oxygen atoms in total. The smallest absolute Gasteiger partial charge is 0.382 e. The van der Waals surface area contributed by atoms with E-state index in [1.807, 2.05) is 42.5 Å². The summed E-state index contributed by atoms with van der Waals surface area (Å²) in [6.45, 7) is 0.299. The lowest BCUT2D eigenvalue weighted by molar-refractivity contribution is -0.0501. The first-order valence-electron chi connectivity index (χ1n) is 12.5. The van der Waals surface area contributed by atoms with E-state index in [1.165, 1.54) is 23.9 Å². The zero-order valence-electron chi connectivity index (χ0n) is 21.5. The van der Waals surface area contributed by atoms with Crippen molar-refractivity contribution >= 4 is 7.82 Å². The van der Waals surface area contributed by atoms with Crippen LogP contribution in [0.25, 0.3) is 0 Å². The Bertz CT molecular complexity index is 1320. The van der Waals surface area contributed by atoms with Gasteiger partial charge in [-0.25, -0.2) is 9.36 Å². The fourth-order valence-electron chi connectivity index (χ4n) is 3.88.